The molecule has 0 spiro atoms. The zero-order valence-corrected chi connectivity index (χ0v) is 11.5. The van der Waals surface area contributed by atoms with E-state index in [1.807, 2.05) is 24.3 Å². The fourth-order valence-corrected chi connectivity index (χ4v) is 1.46. The van der Waals surface area contributed by atoms with Gasteiger partial charge in [-0.05, 0) is 30.0 Å². The molecule has 0 radical (unpaired) electrons. The van der Waals surface area contributed by atoms with Gasteiger partial charge in [-0.25, -0.2) is 4.79 Å². The maximum atomic E-state index is 11.1. The molecule has 4 heteroatoms. The number of carbonyl (C=O) groups excluding carboxylic acids is 1. The fraction of sp³-hybridized carbons (Fsp3) is 0.500. The van der Waals surface area contributed by atoms with Crippen LogP contribution >= 0.6 is 0 Å². The van der Waals surface area contributed by atoms with Gasteiger partial charge in [0.2, 0.25) is 0 Å². The standard InChI is InChI=1S/C14H22N2O2/c1-14(2,3)8-9-15-11-6-5-7-12(10-11)16-13(17)18-4/h5-7,10,15H,8-9H2,1-4H3,(H,16,17). The predicted octanol–water partition coefficient (Wildman–Crippen LogP) is 3.71. The zero-order valence-electron chi connectivity index (χ0n) is 11.5. The summed E-state index contributed by atoms with van der Waals surface area (Å²) in [5.74, 6) is 0. The minimum absolute atomic E-state index is 0.314. The first kappa shape index (κ1) is 14.4. The van der Waals surface area contributed by atoms with Gasteiger partial charge in [0.1, 0.15) is 0 Å². The fourth-order valence-electron chi connectivity index (χ4n) is 1.46. The number of amides is 1. The lowest BCUT2D eigenvalue weighted by Gasteiger charge is -2.18. The van der Waals surface area contributed by atoms with E-state index in [4.69, 9.17) is 0 Å². The van der Waals surface area contributed by atoms with Crippen LogP contribution in [0.1, 0.15) is 27.2 Å². The highest BCUT2D eigenvalue weighted by molar-refractivity contribution is 5.85. The van der Waals surface area contributed by atoms with Crippen LogP contribution in [0.25, 0.3) is 0 Å². The van der Waals surface area contributed by atoms with E-state index in [-0.39, 0.29) is 0 Å². The van der Waals surface area contributed by atoms with Gasteiger partial charge in [0.15, 0.2) is 0 Å². The molecule has 18 heavy (non-hydrogen) atoms. The molecule has 0 saturated heterocycles. The minimum Gasteiger partial charge on any atom is -0.453 e. The van der Waals surface area contributed by atoms with Crippen LogP contribution in [0, 0.1) is 5.41 Å². The molecule has 1 amide bonds. The number of methoxy groups -OCH3 is 1. The van der Waals surface area contributed by atoms with E-state index in [2.05, 4.69) is 36.1 Å². The molecule has 1 aromatic carbocycles. The molecule has 0 heterocycles. The largest absolute Gasteiger partial charge is 0.453 e. The molecule has 0 saturated carbocycles. The molecule has 0 fully saturated rings. The lowest BCUT2D eigenvalue weighted by molar-refractivity contribution is 0.187. The summed E-state index contributed by atoms with van der Waals surface area (Å²) in [4.78, 5) is 11.1. The van der Waals surface area contributed by atoms with Gasteiger partial charge in [0.05, 0.1) is 7.11 Å². The Morgan fingerprint density at radius 2 is 1.94 bits per heavy atom. The van der Waals surface area contributed by atoms with Crippen molar-refractivity contribution in [2.75, 3.05) is 24.3 Å². The Labute approximate surface area is 109 Å². The molecule has 0 aliphatic heterocycles. The first-order valence-electron chi connectivity index (χ1n) is 6.09. The van der Waals surface area contributed by atoms with E-state index in [9.17, 15) is 4.79 Å². The second-order valence-electron chi connectivity index (χ2n) is 5.43. The Morgan fingerprint density at radius 1 is 1.28 bits per heavy atom. The maximum Gasteiger partial charge on any atom is 0.411 e. The first-order valence-corrected chi connectivity index (χ1v) is 6.09. The van der Waals surface area contributed by atoms with Gasteiger partial charge in [0.25, 0.3) is 0 Å². The van der Waals surface area contributed by atoms with Crippen molar-refractivity contribution in [2.45, 2.75) is 27.2 Å². The maximum absolute atomic E-state index is 11.1. The number of rotatable bonds is 4. The number of carbonyl (C=O) groups is 1. The molecule has 1 rings (SSSR count). The Hall–Kier alpha value is -1.71. The van der Waals surface area contributed by atoms with Crippen molar-refractivity contribution in [3.8, 4) is 0 Å². The van der Waals surface area contributed by atoms with E-state index >= 15 is 0 Å². The van der Waals surface area contributed by atoms with Crippen LogP contribution in [0.2, 0.25) is 0 Å². The van der Waals surface area contributed by atoms with Crippen LogP contribution in [-0.2, 0) is 4.74 Å². The number of hydrogen-bond acceptors (Lipinski definition) is 3. The molecular formula is C14H22N2O2. The Bertz CT molecular complexity index is 397. The number of ether oxygens (including phenoxy) is 1. The molecule has 0 bridgehead atoms. The molecule has 4 nitrogen and oxygen atoms in total. The Kier molecular flexibility index (Phi) is 5.01. The predicted molar refractivity (Wildman–Crippen MR) is 75.0 cm³/mol. The van der Waals surface area contributed by atoms with Gasteiger partial charge in [-0.1, -0.05) is 26.8 Å². The van der Waals surface area contributed by atoms with E-state index in [1.54, 1.807) is 0 Å². The van der Waals surface area contributed by atoms with Gasteiger partial charge < -0.3 is 10.1 Å². The van der Waals surface area contributed by atoms with Crippen molar-refractivity contribution >= 4 is 17.5 Å². The SMILES string of the molecule is COC(=O)Nc1cccc(NCCC(C)(C)C)c1. The van der Waals surface area contributed by atoms with Crippen molar-refractivity contribution in [3.63, 3.8) is 0 Å². The molecule has 0 aromatic heterocycles. The third-order valence-corrected chi connectivity index (χ3v) is 2.50. The van der Waals surface area contributed by atoms with Gasteiger partial charge in [-0.3, -0.25) is 5.32 Å². The van der Waals surface area contributed by atoms with Crippen molar-refractivity contribution in [1.29, 1.82) is 0 Å². The van der Waals surface area contributed by atoms with Gasteiger partial charge in [-0.2, -0.15) is 0 Å². The van der Waals surface area contributed by atoms with Crippen molar-refractivity contribution in [3.05, 3.63) is 24.3 Å². The summed E-state index contributed by atoms with van der Waals surface area (Å²) in [5, 5.41) is 5.98. The van der Waals surface area contributed by atoms with E-state index in [0.29, 0.717) is 5.41 Å². The van der Waals surface area contributed by atoms with E-state index < -0.39 is 6.09 Å². The van der Waals surface area contributed by atoms with Crippen molar-refractivity contribution < 1.29 is 9.53 Å². The quantitative estimate of drug-likeness (QED) is 0.856. The van der Waals surface area contributed by atoms with Crippen LogP contribution in [-0.4, -0.2) is 19.7 Å². The van der Waals surface area contributed by atoms with E-state index in [1.165, 1.54) is 7.11 Å². The summed E-state index contributed by atoms with van der Waals surface area (Å²) < 4.78 is 4.55. The molecule has 0 aliphatic rings. The molecule has 0 aliphatic carbocycles. The summed E-state index contributed by atoms with van der Waals surface area (Å²) in [5.41, 5.74) is 2.03. The molecule has 1 aromatic rings. The Morgan fingerprint density at radius 3 is 2.56 bits per heavy atom. The zero-order chi connectivity index (χ0) is 13.6. The van der Waals surface area contributed by atoms with Crippen molar-refractivity contribution in [1.82, 2.24) is 0 Å². The normalized spacial score (nSPS) is 10.9. The second-order valence-corrected chi connectivity index (χ2v) is 5.43. The van der Waals surface area contributed by atoms with Crippen LogP contribution < -0.4 is 10.6 Å². The third kappa shape index (κ3) is 5.57. The molecule has 0 atom stereocenters. The number of nitrogens with one attached hydrogen (secondary N) is 2. The Balaban J connectivity index is 2.52. The van der Waals surface area contributed by atoms with Gasteiger partial charge in [-0.15, -0.1) is 0 Å². The number of benzene rings is 1. The average Bonchev–Trinajstić information content (AvgIpc) is 2.27. The number of hydrogen-bond donors (Lipinski definition) is 2. The van der Waals surface area contributed by atoms with Crippen LogP contribution in [0.15, 0.2) is 24.3 Å². The average molecular weight is 250 g/mol. The second kappa shape index (κ2) is 6.28. The monoisotopic (exact) mass is 250 g/mol. The van der Waals surface area contributed by atoms with Crippen molar-refractivity contribution in [2.24, 2.45) is 5.41 Å². The lowest BCUT2D eigenvalue weighted by Crippen LogP contribution is -2.13. The van der Waals surface area contributed by atoms with Crippen LogP contribution in [0.4, 0.5) is 16.2 Å². The van der Waals surface area contributed by atoms with E-state index in [0.717, 1.165) is 24.3 Å². The van der Waals surface area contributed by atoms with Gasteiger partial charge >= 0.3 is 6.09 Å². The molecule has 0 unspecified atom stereocenters. The lowest BCUT2D eigenvalue weighted by atomic mass is 9.92. The van der Waals surface area contributed by atoms with Crippen LogP contribution in [0.5, 0.6) is 0 Å². The van der Waals surface area contributed by atoms with Gasteiger partial charge in [0, 0.05) is 17.9 Å². The summed E-state index contributed by atoms with van der Waals surface area (Å²) in [7, 11) is 1.35. The highest BCUT2D eigenvalue weighted by Crippen LogP contribution is 2.20. The summed E-state index contributed by atoms with van der Waals surface area (Å²) in [6.07, 6.45) is 0.628. The highest BCUT2D eigenvalue weighted by Gasteiger charge is 2.09. The molecular weight excluding hydrogens is 228 g/mol. The summed E-state index contributed by atoms with van der Waals surface area (Å²) in [6, 6.07) is 7.58. The third-order valence-electron chi connectivity index (χ3n) is 2.50. The summed E-state index contributed by atoms with van der Waals surface area (Å²) in [6.45, 7) is 7.54. The number of anilines is 2. The van der Waals surface area contributed by atoms with Crippen LogP contribution in [0.3, 0.4) is 0 Å². The topological polar surface area (TPSA) is 50.4 Å². The molecule has 2 N–H and O–H groups in total. The molecule has 100 valence electrons. The first-order chi connectivity index (χ1) is 8.40. The smallest absolute Gasteiger partial charge is 0.411 e. The minimum atomic E-state index is -0.457. The highest BCUT2D eigenvalue weighted by atomic mass is 16.5. The summed E-state index contributed by atoms with van der Waals surface area (Å²) >= 11 is 0.